The molecule has 1 aliphatic heterocycles. The number of hydrogen-bond donors (Lipinski definition) is 1. The van der Waals surface area contributed by atoms with Crippen LogP contribution in [0, 0.1) is 29.5 Å². The average Bonchev–Trinajstić information content (AvgIpc) is 3.09. The summed E-state index contributed by atoms with van der Waals surface area (Å²) in [5, 5.41) is 3.84. The predicted octanol–water partition coefficient (Wildman–Crippen LogP) is 4.82. The summed E-state index contributed by atoms with van der Waals surface area (Å²) in [5.74, 6) is 2.00. The molecule has 1 saturated heterocycles. The fourth-order valence-corrected chi connectivity index (χ4v) is 5.89. The minimum absolute atomic E-state index is 0.0205. The highest BCUT2D eigenvalue weighted by Crippen LogP contribution is 2.62. The van der Waals surface area contributed by atoms with Gasteiger partial charge in [0.05, 0.1) is 36.6 Å². The molecule has 3 aromatic rings. The summed E-state index contributed by atoms with van der Waals surface area (Å²) in [5.41, 5.74) is 1.59. The monoisotopic (exact) mass is 449 g/mol. The van der Waals surface area contributed by atoms with E-state index in [-0.39, 0.29) is 23.7 Å². The molecule has 1 amide bonds. The molecule has 7 heteroatoms. The van der Waals surface area contributed by atoms with Crippen molar-refractivity contribution in [1.29, 1.82) is 0 Å². The lowest BCUT2D eigenvalue weighted by Gasteiger charge is -2.27. The zero-order valence-corrected chi connectivity index (χ0v) is 18.6. The highest BCUT2D eigenvalue weighted by Gasteiger charge is 2.60. The van der Waals surface area contributed by atoms with Crippen molar-refractivity contribution in [2.24, 2.45) is 23.7 Å². The summed E-state index contributed by atoms with van der Waals surface area (Å²) in [6.45, 7) is 3.57. The third kappa shape index (κ3) is 3.78. The molecule has 3 fully saturated rings. The van der Waals surface area contributed by atoms with Crippen LogP contribution in [0.2, 0.25) is 0 Å². The Labute approximate surface area is 192 Å². The number of ether oxygens (including phenoxy) is 2. The van der Waals surface area contributed by atoms with Gasteiger partial charge in [-0.15, -0.1) is 0 Å². The lowest BCUT2D eigenvalue weighted by molar-refractivity contribution is -0.121. The molecule has 0 spiro atoms. The van der Waals surface area contributed by atoms with Gasteiger partial charge in [0.25, 0.3) is 0 Å². The van der Waals surface area contributed by atoms with Crippen LogP contribution in [0.4, 0.5) is 10.1 Å². The van der Waals surface area contributed by atoms with Crippen LogP contribution >= 0.6 is 0 Å². The molecular weight excluding hydrogens is 421 g/mol. The maximum absolute atomic E-state index is 13.7. The quantitative estimate of drug-likeness (QED) is 0.562. The van der Waals surface area contributed by atoms with E-state index < -0.39 is 0 Å². The van der Waals surface area contributed by atoms with Crippen molar-refractivity contribution in [3.05, 3.63) is 54.7 Å². The van der Waals surface area contributed by atoms with Gasteiger partial charge in [0.15, 0.2) is 0 Å². The van der Waals surface area contributed by atoms with Crippen LogP contribution in [0.15, 0.2) is 48.9 Å². The van der Waals surface area contributed by atoms with E-state index in [1.54, 1.807) is 12.3 Å². The van der Waals surface area contributed by atoms with Gasteiger partial charge in [-0.1, -0.05) is 6.92 Å². The van der Waals surface area contributed by atoms with Crippen LogP contribution in [-0.2, 0) is 9.53 Å². The van der Waals surface area contributed by atoms with Gasteiger partial charge in [-0.25, -0.2) is 4.39 Å². The Morgan fingerprint density at radius 2 is 2.09 bits per heavy atom. The number of aromatic nitrogens is 2. The van der Waals surface area contributed by atoms with Crippen LogP contribution in [0.1, 0.15) is 32.2 Å². The number of nitrogens with one attached hydrogen (secondary N) is 1. The molecule has 172 valence electrons. The Balaban J connectivity index is 1.07. The number of nitrogens with zero attached hydrogens (tertiary/aromatic N) is 2. The molecule has 0 bridgehead atoms. The molecule has 5 atom stereocenters. The number of anilines is 1. The molecule has 3 aliphatic rings. The number of amides is 1. The molecule has 33 heavy (non-hydrogen) atoms. The number of halogens is 1. The first kappa shape index (κ1) is 20.7. The van der Waals surface area contributed by atoms with Crippen LogP contribution in [0.3, 0.4) is 0 Å². The normalized spacial score (nSPS) is 27.1. The van der Waals surface area contributed by atoms with E-state index in [0.717, 1.165) is 43.7 Å². The van der Waals surface area contributed by atoms with Crippen molar-refractivity contribution in [3.8, 4) is 5.75 Å². The number of pyridine rings is 1. The Bertz CT molecular complexity index is 1180. The SMILES string of the molecule is CCC(C(=O)Nc1ccn(C2COC2)c1)C1[C@H]2CC(Oc3ccnc4ccc(F)cc34)C[C@@H]12. The summed E-state index contributed by atoms with van der Waals surface area (Å²) >= 11 is 0. The number of carbonyl (C=O) groups is 1. The molecule has 0 radical (unpaired) electrons. The summed E-state index contributed by atoms with van der Waals surface area (Å²) in [6.07, 6.45) is 8.53. The molecule has 1 N–H and O–H groups in total. The van der Waals surface area contributed by atoms with E-state index in [9.17, 15) is 9.18 Å². The van der Waals surface area contributed by atoms with Crippen LogP contribution < -0.4 is 10.1 Å². The fraction of sp³-hybridized carbons (Fsp3) is 0.462. The maximum Gasteiger partial charge on any atom is 0.227 e. The van der Waals surface area contributed by atoms with Crippen molar-refractivity contribution in [2.45, 2.75) is 38.3 Å². The lowest BCUT2D eigenvalue weighted by Crippen LogP contribution is -2.29. The predicted molar refractivity (Wildman–Crippen MR) is 123 cm³/mol. The summed E-state index contributed by atoms with van der Waals surface area (Å²) in [7, 11) is 0. The van der Waals surface area contributed by atoms with Gasteiger partial charge in [0.2, 0.25) is 5.91 Å². The van der Waals surface area contributed by atoms with Crippen molar-refractivity contribution < 1.29 is 18.7 Å². The van der Waals surface area contributed by atoms with Gasteiger partial charge in [0, 0.05) is 29.9 Å². The number of fused-ring (bicyclic) bond motifs is 2. The van der Waals surface area contributed by atoms with Crippen molar-refractivity contribution >= 4 is 22.5 Å². The van der Waals surface area contributed by atoms with Gasteiger partial charge < -0.3 is 19.4 Å². The van der Waals surface area contributed by atoms with E-state index in [1.807, 2.05) is 24.5 Å². The number of benzene rings is 1. The molecule has 2 saturated carbocycles. The Kier molecular flexibility index (Phi) is 5.09. The van der Waals surface area contributed by atoms with E-state index in [4.69, 9.17) is 9.47 Å². The van der Waals surface area contributed by atoms with E-state index in [0.29, 0.717) is 34.9 Å². The summed E-state index contributed by atoms with van der Waals surface area (Å²) in [4.78, 5) is 17.4. The first-order valence-electron chi connectivity index (χ1n) is 11.9. The molecule has 2 aliphatic carbocycles. The van der Waals surface area contributed by atoms with Gasteiger partial charge >= 0.3 is 0 Å². The van der Waals surface area contributed by atoms with Gasteiger partial charge in [-0.2, -0.15) is 0 Å². The number of rotatable bonds is 7. The second-order valence-corrected chi connectivity index (χ2v) is 9.63. The first-order valence-corrected chi connectivity index (χ1v) is 11.9. The second-order valence-electron chi connectivity index (χ2n) is 9.63. The molecule has 3 unspecified atom stereocenters. The second kappa shape index (κ2) is 8.13. The summed E-state index contributed by atoms with van der Waals surface area (Å²) < 4.78 is 27.4. The first-order chi connectivity index (χ1) is 16.1. The van der Waals surface area contributed by atoms with E-state index in [2.05, 4.69) is 21.8 Å². The smallest absolute Gasteiger partial charge is 0.227 e. The van der Waals surface area contributed by atoms with Crippen molar-refractivity contribution in [1.82, 2.24) is 9.55 Å². The molecule has 6 nitrogen and oxygen atoms in total. The highest BCUT2D eigenvalue weighted by molar-refractivity contribution is 5.93. The minimum Gasteiger partial charge on any atom is -0.490 e. The maximum atomic E-state index is 13.7. The zero-order valence-electron chi connectivity index (χ0n) is 18.6. The Hall–Kier alpha value is -2.93. The minimum atomic E-state index is -0.289. The van der Waals surface area contributed by atoms with Crippen molar-refractivity contribution in [2.75, 3.05) is 18.5 Å². The number of carbonyl (C=O) groups excluding carboxylic acids is 1. The average molecular weight is 450 g/mol. The van der Waals surface area contributed by atoms with E-state index in [1.165, 1.54) is 12.1 Å². The van der Waals surface area contributed by atoms with Crippen LogP contribution in [0.5, 0.6) is 5.75 Å². The third-order valence-electron chi connectivity index (χ3n) is 7.69. The Morgan fingerprint density at radius 1 is 1.27 bits per heavy atom. The van der Waals surface area contributed by atoms with Gasteiger partial charge in [-0.05, 0) is 67.3 Å². The largest absolute Gasteiger partial charge is 0.490 e. The topological polar surface area (TPSA) is 65.4 Å². The molecule has 3 heterocycles. The summed E-state index contributed by atoms with van der Waals surface area (Å²) in [6, 6.07) is 8.74. The molecule has 6 rings (SSSR count). The standard InChI is InChI=1S/C26H28FN3O3/c1-2-19(26(31)29-16-6-8-30(12-16)17-13-32-14-17)25-20-10-18(11-21(20)25)33-24-5-7-28-23-4-3-15(27)9-22(23)24/h3-9,12,17-21,25H,2,10-11,13-14H2,1H3,(H,29,31)/t18?,19?,20-,21+,25?. The van der Waals surface area contributed by atoms with E-state index >= 15 is 0 Å². The van der Waals surface area contributed by atoms with Gasteiger partial charge in [-0.3, -0.25) is 9.78 Å². The molecule has 1 aromatic carbocycles. The molecular formula is C26H28FN3O3. The lowest BCUT2D eigenvalue weighted by atomic mass is 9.93. The number of hydrogen-bond acceptors (Lipinski definition) is 4. The van der Waals surface area contributed by atoms with Crippen LogP contribution in [-0.4, -0.2) is 34.8 Å². The Morgan fingerprint density at radius 3 is 2.82 bits per heavy atom. The highest BCUT2D eigenvalue weighted by atomic mass is 19.1. The van der Waals surface area contributed by atoms with Crippen LogP contribution in [0.25, 0.3) is 10.9 Å². The fourth-order valence-electron chi connectivity index (χ4n) is 5.89. The van der Waals surface area contributed by atoms with Gasteiger partial charge in [0.1, 0.15) is 11.6 Å². The van der Waals surface area contributed by atoms with Crippen molar-refractivity contribution in [3.63, 3.8) is 0 Å². The third-order valence-corrected chi connectivity index (χ3v) is 7.69. The molecule has 2 aromatic heterocycles. The zero-order chi connectivity index (χ0) is 22.5.